The molecule has 0 bridgehead atoms. The highest BCUT2D eigenvalue weighted by Gasteiger charge is 2.58. The summed E-state index contributed by atoms with van der Waals surface area (Å²) in [5.41, 5.74) is -1.10. The molecule has 0 saturated heterocycles. The number of hydrogen-bond donors (Lipinski definition) is 1. The second-order valence-corrected chi connectivity index (χ2v) is 4.47. The SMILES string of the molecule is CC(O)(C1CC1)C1(C#N)CCC1. The molecular formula is C10H15NO. The molecule has 0 aliphatic heterocycles. The molecule has 2 aliphatic rings. The van der Waals surface area contributed by atoms with Gasteiger partial charge in [0, 0.05) is 0 Å². The topological polar surface area (TPSA) is 44.0 Å². The van der Waals surface area contributed by atoms with E-state index in [0.29, 0.717) is 5.92 Å². The van der Waals surface area contributed by atoms with Crippen LogP contribution in [0.5, 0.6) is 0 Å². The number of nitrogens with zero attached hydrogens (tertiary/aromatic N) is 1. The molecule has 1 unspecified atom stereocenters. The van der Waals surface area contributed by atoms with Gasteiger partial charge >= 0.3 is 0 Å². The predicted octanol–water partition coefficient (Wildman–Crippen LogP) is 1.84. The van der Waals surface area contributed by atoms with E-state index in [1.807, 2.05) is 6.92 Å². The molecule has 0 spiro atoms. The van der Waals surface area contributed by atoms with Crippen LogP contribution < -0.4 is 0 Å². The Bertz CT molecular complexity index is 231. The van der Waals surface area contributed by atoms with Crippen LogP contribution in [0.4, 0.5) is 0 Å². The van der Waals surface area contributed by atoms with Crippen molar-refractivity contribution in [2.45, 2.75) is 44.6 Å². The lowest BCUT2D eigenvalue weighted by Crippen LogP contribution is -2.51. The molecule has 0 amide bonds. The highest BCUT2D eigenvalue weighted by Crippen LogP contribution is 2.57. The van der Waals surface area contributed by atoms with Crippen molar-refractivity contribution in [2.24, 2.45) is 11.3 Å². The molecule has 1 N–H and O–H groups in total. The number of rotatable bonds is 2. The van der Waals surface area contributed by atoms with Crippen LogP contribution in [0.1, 0.15) is 39.0 Å². The van der Waals surface area contributed by atoms with Gasteiger partial charge in [0.05, 0.1) is 17.1 Å². The van der Waals surface area contributed by atoms with Crippen LogP contribution in [0.2, 0.25) is 0 Å². The van der Waals surface area contributed by atoms with Crippen molar-refractivity contribution in [3.63, 3.8) is 0 Å². The molecular weight excluding hydrogens is 150 g/mol. The second-order valence-electron chi connectivity index (χ2n) is 4.47. The van der Waals surface area contributed by atoms with E-state index >= 15 is 0 Å². The van der Waals surface area contributed by atoms with Gasteiger partial charge in [0.1, 0.15) is 0 Å². The Morgan fingerprint density at radius 3 is 2.33 bits per heavy atom. The van der Waals surface area contributed by atoms with Crippen molar-refractivity contribution in [1.29, 1.82) is 5.26 Å². The fourth-order valence-electron chi connectivity index (χ4n) is 2.30. The average Bonchev–Trinajstić information content (AvgIpc) is 2.64. The van der Waals surface area contributed by atoms with Gasteiger partial charge in [0.25, 0.3) is 0 Å². The highest BCUT2D eigenvalue weighted by molar-refractivity contribution is 5.17. The predicted molar refractivity (Wildman–Crippen MR) is 45.2 cm³/mol. The molecule has 0 heterocycles. The first-order valence-corrected chi connectivity index (χ1v) is 4.76. The zero-order valence-electron chi connectivity index (χ0n) is 7.51. The fraction of sp³-hybridized carbons (Fsp3) is 0.900. The molecule has 2 saturated carbocycles. The molecule has 0 aromatic heterocycles. The normalized spacial score (nSPS) is 31.4. The van der Waals surface area contributed by atoms with Gasteiger partial charge in [-0.2, -0.15) is 5.26 Å². The van der Waals surface area contributed by atoms with E-state index in [2.05, 4.69) is 6.07 Å². The monoisotopic (exact) mass is 165 g/mol. The zero-order valence-corrected chi connectivity index (χ0v) is 7.51. The van der Waals surface area contributed by atoms with Crippen molar-refractivity contribution in [3.8, 4) is 6.07 Å². The van der Waals surface area contributed by atoms with Crippen LogP contribution >= 0.6 is 0 Å². The maximum absolute atomic E-state index is 10.2. The van der Waals surface area contributed by atoms with Crippen LogP contribution in [-0.4, -0.2) is 10.7 Å². The number of nitriles is 1. The Hall–Kier alpha value is -0.550. The lowest BCUT2D eigenvalue weighted by Gasteiger charge is -2.47. The van der Waals surface area contributed by atoms with Crippen molar-refractivity contribution >= 4 is 0 Å². The summed E-state index contributed by atoms with van der Waals surface area (Å²) in [6, 6.07) is 2.33. The van der Waals surface area contributed by atoms with Gasteiger partial charge in [-0.3, -0.25) is 0 Å². The third-order valence-electron chi connectivity index (χ3n) is 3.76. The van der Waals surface area contributed by atoms with Gasteiger partial charge < -0.3 is 5.11 Å². The van der Waals surface area contributed by atoms with Gasteiger partial charge in [-0.05, 0) is 38.5 Å². The first-order chi connectivity index (χ1) is 5.62. The van der Waals surface area contributed by atoms with Crippen molar-refractivity contribution in [1.82, 2.24) is 0 Å². The molecule has 0 radical (unpaired) electrons. The fourth-order valence-corrected chi connectivity index (χ4v) is 2.30. The van der Waals surface area contributed by atoms with Crippen LogP contribution in [0.3, 0.4) is 0 Å². The Kier molecular flexibility index (Phi) is 1.50. The van der Waals surface area contributed by atoms with Gasteiger partial charge in [0.15, 0.2) is 0 Å². The third kappa shape index (κ3) is 0.834. The number of hydrogen-bond acceptors (Lipinski definition) is 2. The van der Waals surface area contributed by atoms with E-state index in [4.69, 9.17) is 5.26 Å². The lowest BCUT2D eigenvalue weighted by molar-refractivity contribution is -0.0958. The Morgan fingerprint density at radius 2 is 2.08 bits per heavy atom. The number of aliphatic hydroxyl groups is 1. The summed E-state index contributed by atoms with van der Waals surface area (Å²) < 4.78 is 0. The Morgan fingerprint density at radius 1 is 1.50 bits per heavy atom. The van der Waals surface area contributed by atoms with Crippen molar-refractivity contribution < 1.29 is 5.11 Å². The van der Waals surface area contributed by atoms with Crippen LogP contribution in [0.25, 0.3) is 0 Å². The molecule has 2 heteroatoms. The Labute approximate surface area is 73.2 Å². The molecule has 1 atom stereocenters. The molecule has 0 aromatic rings. The third-order valence-corrected chi connectivity index (χ3v) is 3.76. The largest absolute Gasteiger partial charge is 0.388 e. The maximum atomic E-state index is 10.2. The summed E-state index contributed by atoms with van der Waals surface area (Å²) in [7, 11) is 0. The smallest absolute Gasteiger partial charge is 0.0860 e. The highest BCUT2D eigenvalue weighted by atomic mass is 16.3. The maximum Gasteiger partial charge on any atom is 0.0860 e. The molecule has 66 valence electrons. The molecule has 12 heavy (non-hydrogen) atoms. The van der Waals surface area contributed by atoms with E-state index in [9.17, 15) is 5.11 Å². The quantitative estimate of drug-likeness (QED) is 0.678. The summed E-state index contributed by atoms with van der Waals surface area (Å²) >= 11 is 0. The van der Waals surface area contributed by atoms with Crippen molar-refractivity contribution in [3.05, 3.63) is 0 Å². The summed E-state index contributed by atoms with van der Waals surface area (Å²) in [5.74, 6) is 0.400. The Balaban J connectivity index is 2.20. The zero-order chi connectivity index (χ0) is 8.82. The average molecular weight is 165 g/mol. The van der Waals surface area contributed by atoms with E-state index in [0.717, 1.165) is 32.1 Å². The van der Waals surface area contributed by atoms with Crippen LogP contribution in [0, 0.1) is 22.7 Å². The minimum Gasteiger partial charge on any atom is -0.388 e. The summed E-state index contributed by atoms with van der Waals surface area (Å²) in [5, 5.41) is 19.2. The molecule has 2 nitrogen and oxygen atoms in total. The van der Waals surface area contributed by atoms with Gasteiger partial charge in [0.2, 0.25) is 0 Å². The molecule has 2 rings (SSSR count). The minimum absolute atomic E-state index is 0.395. The van der Waals surface area contributed by atoms with E-state index < -0.39 is 11.0 Å². The molecule has 2 aliphatic carbocycles. The van der Waals surface area contributed by atoms with Gasteiger partial charge in [-0.25, -0.2) is 0 Å². The van der Waals surface area contributed by atoms with Crippen LogP contribution in [0.15, 0.2) is 0 Å². The van der Waals surface area contributed by atoms with Crippen LogP contribution in [-0.2, 0) is 0 Å². The minimum atomic E-state index is -0.708. The lowest BCUT2D eigenvalue weighted by atomic mass is 9.58. The van der Waals surface area contributed by atoms with E-state index in [-0.39, 0.29) is 0 Å². The van der Waals surface area contributed by atoms with E-state index in [1.165, 1.54) is 0 Å². The first-order valence-electron chi connectivity index (χ1n) is 4.76. The molecule has 0 aromatic carbocycles. The first kappa shape index (κ1) is 8.07. The standard InChI is InChI=1S/C10H15NO/c1-9(12,8-3-4-8)10(7-11)5-2-6-10/h8,12H,2-6H2,1H3. The summed E-state index contributed by atoms with van der Waals surface area (Å²) in [4.78, 5) is 0. The van der Waals surface area contributed by atoms with E-state index in [1.54, 1.807) is 0 Å². The summed E-state index contributed by atoms with van der Waals surface area (Å²) in [6.07, 6.45) is 5.11. The van der Waals surface area contributed by atoms with Crippen molar-refractivity contribution in [2.75, 3.05) is 0 Å². The van der Waals surface area contributed by atoms with Gasteiger partial charge in [-0.1, -0.05) is 6.42 Å². The molecule has 2 fully saturated rings. The summed E-state index contributed by atoms with van der Waals surface area (Å²) in [6.45, 7) is 1.85. The van der Waals surface area contributed by atoms with Gasteiger partial charge in [-0.15, -0.1) is 0 Å². The second kappa shape index (κ2) is 2.23.